The Morgan fingerprint density at radius 3 is 2.41 bits per heavy atom. The average Bonchev–Trinajstić information content (AvgIpc) is 2.91. The molecular weight excluding hydrogens is 587 g/mol. The summed E-state index contributed by atoms with van der Waals surface area (Å²) < 4.78 is 46.4. The second-order valence-corrected chi connectivity index (χ2v) is 12.5. The second-order valence-electron chi connectivity index (χ2n) is 12.5. The van der Waals surface area contributed by atoms with Gasteiger partial charge in [0.25, 0.3) is 5.91 Å². The van der Waals surface area contributed by atoms with Crippen LogP contribution in [-0.2, 0) is 16.0 Å². The number of hydrogen-bond acceptors (Lipinski definition) is 10. The summed E-state index contributed by atoms with van der Waals surface area (Å²) in [6, 6.07) is -0.731. The summed E-state index contributed by atoms with van der Waals surface area (Å²) in [7, 11) is 2.97. The number of carbonyl (C=O) groups excluding carboxylic acids is 3. The summed E-state index contributed by atoms with van der Waals surface area (Å²) in [6.07, 6.45) is -3.67. The number of likely N-dealkylation sites (N-methyl/N-ethyl adjacent to an activating group) is 1. The van der Waals surface area contributed by atoms with E-state index >= 15 is 0 Å². The number of ketones is 2. The van der Waals surface area contributed by atoms with Crippen LogP contribution in [0.3, 0.4) is 0 Å². The predicted octanol–water partition coefficient (Wildman–Crippen LogP) is 2.95. The molecule has 0 spiro atoms. The number of ether oxygens (including phenoxy) is 1. The third kappa shape index (κ3) is 4.74. The van der Waals surface area contributed by atoms with Gasteiger partial charge in [-0.25, -0.2) is 0 Å². The standard InChI is InChI=1S/C30H36F3N3O8/c1-12(2)36-8-6-5-7-17(36)14-11-18(37)20-15(25(14)44-30(31,32)33)9-13-10-16-22(35(3)4)24(39)21(28(34)42)27(41)29(16,43)26(40)19(13)23(20)38/h11-13,16-17,22,37,39-40,43H,5-10H2,1-4H3,(H2,34,42)/t13-,16-,17?,22-,29-/m0/s1. The van der Waals surface area contributed by atoms with Crippen molar-refractivity contribution in [3.63, 3.8) is 0 Å². The maximum Gasteiger partial charge on any atom is 0.573 e. The number of fused-ring (bicyclic) bond motifs is 3. The Morgan fingerprint density at radius 2 is 1.84 bits per heavy atom. The number of hydrogen-bond donors (Lipinski definition) is 5. The van der Waals surface area contributed by atoms with Crippen molar-refractivity contribution in [2.24, 2.45) is 17.6 Å². The fourth-order valence-corrected chi connectivity index (χ4v) is 7.72. The van der Waals surface area contributed by atoms with Crippen molar-refractivity contribution < 1.29 is 52.7 Å². The molecule has 0 radical (unpaired) electrons. The van der Waals surface area contributed by atoms with Gasteiger partial charge in [-0.15, -0.1) is 13.2 Å². The zero-order valence-corrected chi connectivity index (χ0v) is 24.7. The Bertz CT molecular complexity index is 1500. The smallest absolute Gasteiger partial charge is 0.510 e. The number of aromatic hydroxyl groups is 1. The van der Waals surface area contributed by atoms with E-state index in [0.717, 1.165) is 18.9 Å². The van der Waals surface area contributed by atoms with Crippen molar-refractivity contribution in [3.8, 4) is 11.5 Å². The number of likely N-dealkylation sites (tertiary alicyclic amines) is 1. The number of nitrogens with zero attached hydrogens (tertiary/aromatic N) is 2. The van der Waals surface area contributed by atoms with Gasteiger partial charge in [0.2, 0.25) is 5.78 Å². The van der Waals surface area contributed by atoms with Gasteiger partial charge >= 0.3 is 6.36 Å². The highest BCUT2D eigenvalue weighted by Crippen LogP contribution is 2.55. The molecule has 0 saturated carbocycles. The number of primary amides is 1. The first kappa shape index (κ1) is 31.8. The predicted molar refractivity (Wildman–Crippen MR) is 149 cm³/mol. The van der Waals surface area contributed by atoms with E-state index in [9.17, 15) is 48.0 Å². The van der Waals surface area contributed by atoms with Gasteiger partial charge < -0.3 is 30.9 Å². The molecule has 1 fully saturated rings. The van der Waals surface area contributed by atoms with Gasteiger partial charge in [-0.1, -0.05) is 6.42 Å². The molecule has 0 aromatic heterocycles. The molecular formula is C30H36F3N3O8. The molecule has 44 heavy (non-hydrogen) atoms. The van der Waals surface area contributed by atoms with E-state index in [4.69, 9.17) is 5.73 Å². The molecule has 1 unspecified atom stereocenters. The van der Waals surface area contributed by atoms with Crippen LogP contribution in [0.1, 0.15) is 67.1 Å². The minimum atomic E-state index is -5.14. The van der Waals surface area contributed by atoms with Crippen molar-refractivity contribution in [2.45, 2.75) is 76.0 Å². The molecule has 5 atom stereocenters. The molecule has 1 aromatic carbocycles. The number of Topliss-reactive ketones (excluding diaryl/α,β-unsaturated/α-hetero) is 2. The van der Waals surface area contributed by atoms with Crippen LogP contribution in [-0.4, -0.2) is 92.4 Å². The van der Waals surface area contributed by atoms with E-state index in [1.807, 2.05) is 18.7 Å². The number of aliphatic hydroxyl groups is 3. The van der Waals surface area contributed by atoms with Crippen molar-refractivity contribution in [3.05, 3.63) is 45.4 Å². The SMILES string of the molecule is CC(C)N1CCCCC1c1cc(O)c2c(c1OC(F)(F)F)C[C@H]1C[C@H]3[C@H](N(C)C)C(O)=C(C(N)=O)C(=O)[C@@]3(O)C(O)=C1C2=O. The van der Waals surface area contributed by atoms with E-state index in [0.29, 0.717) is 13.0 Å². The largest absolute Gasteiger partial charge is 0.573 e. The van der Waals surface area contributed by atoms with Gasteiger partial charge in [-0.3, -0.25) is 24.2 Å². The number of benzene rings is 1. The maximum absolute atomic E-state index is 14.0. The van der Waals surface area contributed by atoms with Gasteiger partial charge in [-0.05, 0) is 72.2 Å². The van der Waals surface area contributed by atoms with Gasteiger partial charge in [-0.2, -0.15) is 0 Å². The highest BCUT2D eigenvalue weighted by Gasteiger charge is 2.63. The van der Waals surface area contributed by atoms with E-state index in [2.05, 4.69) is 4.74 Å². The first-order chi connectivity index (χ1) is 20.4. The number of phenolic OH excluding ortho intramolecular Hbond substituents is 1. The number of amides is 1. The molecule has 240 valence electrons. The van der Waals surface area contributed by atoms with Crippen molar-refractivity contribution in [1.82, 2.24) is 9.80 Å². The molecule has 1 amide bonds. The first-order valence-electron chi connectivity index (χ1n) is 14.5. The Labute approximate surface area is 251 Å². The fourth-order valence-electron chi connectivity index (χ4n) is 7.72. The third-order valence-corrected chi connectivity index (χ3v) is 9.49. The van der Waals surface area contributed by atoms with Crippen LogP contribution in [0, 0.1) is 11.8 Å². The zero-order valence-electron chi connectivity index (χ0n) is 24.7. The van der Waals surface area contributed by atoms with Crippen molar-refractivity contribution in [2.75, 3.05) is 20.6 Å². The summed E-state index contributed by atoms with van der Waals surface area (Å²) in [5.74, 6) is -9.28. The van der Waals surface area contributed by atoms with Gasteiger partial charge in [0.15, 0.2) is 11.4 Å². The summed E-state index contributed by atoms with van der Waals surface area (Å²) in [6.45, 7) is 4.43. The number of alkyl halides is 3. The molecule has 3 aliphatic carbocycles. The summed E-state index contributed by atoms with van der Waals surface area (Å²) >= 11 is 0. The Hall–Kier alpha value is -3.62. The summed E-state index contributed by atoms with van der Waals surface area (Å²) in [5.41, 5.74) is 0.398. The fraction of sp³-hybridized carbons (Fsp3) is 0.567. The Morgan fingerprint density at radius 1 is 1.18 bits per heavy atom. The highest BCUT2D eigenvalue weighted by atomic mass is 19.4. The average molecular weight is 624 g/mol. The second kappa shape index (κ2) is 10.8. The lowest BCUT2D eigenvalue weighted by Crippen LogP contribution is -2.63. The maximum atomic E-state index is 14.0. The molecule has 6 N–H and O–H groups in total. The molecule has 14 heteroatoms. The lowest BCUT2D eigenvalue weighted by Gasteiger charge is -2.50. The summed E-state index contributed by atoms with van der Waals surface area (Å²) in [5, 5.41) is 45.2. The molecule has 1 saturated heterocycles. The molecule has 1 aliphatic heterocycles. The van der Waals surface area contributed by atoms with E-state index in [-0.39, 0.29) is 30.0 Å². The van der Waals surface area contributed by atoms with Gasteiger partial charge in [0, 0.05) is 34.7 Å². The molecule has 5 rings (SSSR count). The van der Waals surface area contributed by atoms with Gasteiger partial charge in [0.1, 0.15) is 28.6 Å². The Balaban J connectivity index is 1.73. The van der Waals surface area contributed by atoms with Crippen LogP contribution in [0.2, 0.25) is 0 Å². The van der Waals surface area contributed by atoms with Crippen molar-refractivity contribution >= 4 is 17.5 Å². The third-order valence-electron chi connectivity index (χ3n) is 9.49. The number of rotatable bonds is 5. The van der Waals surface area contributed by atoms with Crippen LogP contribution in [0.15, 0.2) is 28.7 Å². The number of carbonyl (C=O) groups is 3. The topological polar surface area (TPSA) is 174 Å². The lowest BCUT2D eigenvalue weighted by atomic mass is 9.58. The monoisotopic (exact) mass is 623 g/mol. The summed E-state index contributed by atoms with van der Waals surface area (Å²) in [4.78, 5) is 42.9. The van der Waals surface area contributed by atoms with E-state index < -0.39 is 93.1 Å². The van der Waals surface area contributed by atoms with Crippen LogP contribution in [0.4, 0.5) is 13.2 Å². The first-order valence-corrected chi connectivity index (χ1v) is 14.5. The number of phenols is 1. The van der Waals surface area contributed by atoms with Crippen LogP contribution >= 0.6 is 0 Å². The molecule has 11 nitrogen and oxygen atoms in total. The minimum Gasteiger partial charge on any atom is -0.510 e. The molecule has 1 heterocycles. The number of aliphatic hydroxyl groups excluding tert-OH is 2. The number of nitrogens with two attached hydrogens (primary N) is 1. The molecule has 0 bridgehead atoms. The van der Waals surface area contributed by atoms with Crippen LogP contribution in [0.25, 0.3) is 0 Å². The van der Waals surface area contributed by atoms with Crippen LogP contribution < -0.4 is 10.5 Å². The van der Waals surface area contributed by atoms with E-state index in [1.165, 1.54) is 19.0 Å². The number of halogens is 3. The van der Waals surface area contributed by atoms with Crippen LogP contribution in [0.5, 0.6) is 11.5 Å². The van der Waals surface area contributed by atoms with E-state index in [1.54, 1.807) is 0 Å². The minimum absolute atomic E-state index is 0.0424. The van der Waals surface area contributed by atoms with Crippen molar-refractivity contribution in [1.29, 1.82) is 0 Å². The lowest BCUT2D eigenvalue weighted by molar-refractivity contribution is -0.275. The Kier molecular flexibility index (Phi) is 7.78. The van der Waals surface area contributed by atoms with Gasteiger partial charge in [0.05, 0.1) is 11.6 Å². The zero-order chi connectivity index (χ0) is 32.6. The molecule has 4 aliphatic rings. The number of allylic oxidation sites excluding steroid dienone is 1. The number of piperidine rings is 1. The normalized spacial score (nSPS) is 29.6. The molecule has 1 aromatic rings. The highest BCUT2D eigenvalue weighted by molar-refractivity contribution is 6.24. The quantitative estimate of drug-likeness (QED) is 0.307.